The molecule has 4 nitrogen and oxygen atoms in total. The zero-order chi connectivity index (χ0) is 9.80. The number of rotatable bonds is 3. The van der Waals surface area contributed by atoms with E-state index in [2.05, 4.69) is 15.3 Å². The lowest BCUT2D eigenvalue weighted by atomic mass is 10.3. The summed E-state index contributed by atoms with van der Waals surface area (Å²) in [6, 6.07) is 9.64. The van der Waals surface area contributed by atoms with Crippen LogP contribution in [0.5, 0.6) is 0 Å². The molecule has 0 unspecified atom stereocenters. The molecule has 0 radical (unpaired) electrons. The molecule has 0 aliphatic carbocycles. The summed E-state index contributed by atoms with van der Waals surface area (Å²) >= 11 is 0. The van der Waals surface area contributed by atoms with E-state index >= 15 is 0 Å². The molecule has 4 heteroatoms. The van der Waals surface area contributed by atoms with Gasteiger partial charge in [-0.3, -0.25) is 4.79 Å². The summed E-state index contributed by atoms with van der Waals surface area (Å²) in [7, 11) is 0. The Balaban J connectivity index is 2.15. The highest BCUT2D eigenvalue weighted by molar-refractivity contribution is 5.70. The van der Waals surface area contributed by atoms with Crippen LogP contribution in [0.15, 0.2) is 36.5 Å². The molecular formula is C10H9N3O. The van der Waals surface area contributed by atoms with E-state index in [4.69, 9.17) is 0 Å². The van der Waals surface area contributed by atoms with Gasteiger partial charge in [0.25, 0.3) is 0 Å². The number of nitrogens with zero attached hydrogens (tertiary/aromatic N) is 1. The van der Waals surface area contributed by atoms with E-state index in [-0.39, 0.29) is 0 Å². The molecule has 0 saturated carbocycles. The third-order valence-corrected chi connectivity index (χ3v) is 1.76. The van der Waals surface area contributed by atoms with Gasteiger partial charge in [-0.2, -0.15) is 0 Å². The van der Waals surface area contributed by atoms with Gasteiger partial charge in [0, 0.05) is 11.9 Å². The first-order chi connectivity index (χ1) is 6.88. The van der Waals surface area contributed by atoms with Crippen LogP contribution >= 0.6 is 0 Å². The molecule has 0 fully saturated rings. The quantitative estimate of drug-likeness (QED) is 0.722. The maximum Gasteiger partial charge on any atom is 0.185 e. The fourth-order valence-corrected chi connectivity index (χ4v) is 1.13. The number of nitrogens with one attached hydrogen (secondary N) is 2. The topological polar surface area (TPSA) is 57.8 Å². The third-order valence-electron chi connectivity index (χ3n) is 1.76. The molecule has 2 rings (SSSR count). The fraction of sp³-hybridized carbons (Fsp3) is 0. The third kappa shape index (κ3) is 1.80. The number of anilines is 2. The van der Waals surface area contributed by atoms with E-state index in [0.717, 1.165) is 5.69 Å². The number of H-pyrrole nitrogens is 1. The van der Waals surface area contributed by atoms with Gasteiger partial charge >= 0.3 is 0 Å². The first kappa shape index (κ1) is 8.50. The van der Waals surface area contributed by atoms with Crippen LogP contribution in [0.4, 0.5) is 11.5 Å². The number of imidazole rings is 1. The maximum absolute atomic E-state index is 10.4. The Labute approximate surface area is 81.0 Å². The largest absolute Gasteiger partial charge is 0.340 e. The monoisotopic (exact) mass is 187 g/mol. The average Bonchev–Trinajstić information content (AvgIpc) is 2.67. The first-order valence-corrected chi connectivity index (χ1v) is 4.21. The average molecular weight is 187 g/mol. The fourth-order valence-electron chi connectivity index (χ4n) is 1.13. The number of para-hydroxylation sites is 1. The molecule has 0 bridgehead atoms. The standard InChI is InChI=1S/C10H9N3O/c14-7-10-11-6-9(13-10)12-8-4-2-1-3-5-8/h1-7,12H,(H,11,13). The Morgan fingerprint density at radius 2 is 2.07 bits per heavy atom. The summed E-state index contributed by atoms with van der Waals surface area (Å²) in [4.78, 5) is 17.1. The second kappa shape index (κ2) is 3.74. The van der Waals surface area contributed by atoms with E-state index in [1.54, 1.807) is 6.20 Å². The minimum atomic E-state index is 0.323. The molecule has 0 aliphatic heterocycles. The number of benzene rings is 1. The molecule has 70 valence electrons. The summed E-state index contributed by atoms with van der Waals surface area (Å²) < 4.78 is 0. The Bertz CT molecular complexity index is 422. The number of hydrogen-bond donors (Lipinski definition) is 2. The summed E-state index contributed by atoms with van der Waals surface area (Å²) in [6.45, 7) is 0. The highest BCUT2D eigenvalue weighted by Gasteiger charge is 1.98. The van der Waals surface area contributed by atoms with Crippen molar-refractivity contribution in [1.82, 2.24) is 9.97 Å². The SMILES string of the molecule is O=Cc1nc(Nc2ccccc2)c[nH]1. The van der Waals surface area contributed by atoms with E-state index in [1.807, 2.05) is 30.3 Å². The van der Waals surface area contributed by atoms with Crippen LogP contribution in [0.1, 0.15) is 10.6 Å². The maximum atomic E-state index is 10.4. The van der Waals surface area contributed by atoms with E-state index in [1.165, 1.54) is 0 Å². The van der Waals surface area contributed by atoms with Gasteiger partial charge in [0.2, 0.25) is 0 Å². The molecule has 0 spiro atoms. The number of hydrogen-bond acceptors (Lipinski definition) is 3. The summed E-state index contributed by atoms with van der Waals surface area (Å²) in [5, 5.41) is 3.06. The summed E-state index contributed by atoms with van der Waals surface area (Å²) in [5.41, 5.74) is 0.941. The Morgan fingerprint density at radius 3 is 2.71 bits per heavy atom. The Hall–Kier alpha value is -2.10. The van der Waals surface area contributed by atoms with Gasteiger partial charge in [-0.25, -0.2) is 4.98 Å². The van der Waals surface area contributed by atoms with E-state index in [9.17, 15) is 4.79 Å². The van der Waals surface area contributed by atoms with Gasteiger partial charge in [0.05, 0.1) is 0 Å². The van der Waals surface area contributed by atoms with Crippen LogP contribution in [-0.2, 0) is 0 Å². The first-order valence-electron chi connectivity index (χ1n) is 4.21. The smallest absolute Gasteiger partial charge is 0.185 e. The van der Waals surface area contributed by atoms with Crippen LogP contribution in [0.25, 0.3) is 0 Å². The van der Waals surface area contributed by atoms with Gasteiger partial charge in [-0.15, -0.1) is 0 Å². The highest BCUT2D eigenvalue weighted by Crippen LogP contribution is 2.12. The van der Waals surface area contributed by atoms with E-state index < -0.39 is 0 Å². The molecular weight excluding hydrogens is 178 g/mol. The van der Waals surface area contributed by atoms with Crippen molar-refractivity contribution in [2.45, 2.75) is 0 Å². The summed E-state index contributed by atoms with van der Waals surface area (Å²) in [5.74, 6) is 0.960. The molecule has 0 saturated heterocycles. The lowest BCUT2D eigenvalue weighted by molar-refractivity contribution is 0.111. The second-order valence-electron chi connectivity index (χ2n) is 2.78. The number of aldehydes is 1. The van der Waals surface area contributed by atoms with Crippen LogP contribution in [0.3, 0.4) is 0 Å². The molecule has 1 aromatic heterocycles. The predicted molar refractivity (Wildman–Crippen MR) is 53.7 cm³/mol. The molecule has 1 aromatic carbocycles. The molecule has 1 heterocycles. The summed E-state index contributed by atoms with van der Waals surface area (Å²) in [6.07, 6.45) is 2.33. The van der Waals surface area contributed by atoms with Gasteiger partial charge in [-0.05, 0) is 12.1 Å². The second-order valence-corrected chi connectivity index (χ2v) is 2.78. The molecule has 2 N–H and O–H groups in total. The van der Waals surface area contributed by atoms with Crippen molar-refractivity contribution in [1.29, 1.82) is 0 Å². The van der Waals surface area contributed by atoms with Gasteiger partial charge in [-0.1, -0.05) is 18.2 Å². The van der Waals surface area contributed by atoms with Crippen LogP contribution in [0.2, 0.25) is 0 Å². The van der Waals surface area contributed by atoms with Gasteiger partial charge in [0.15, 0.2) is 12.1 Å². The predicted octanol–water partition coefficient (Wildman–Crippen LogP) is 1.97. The van der Waals surface area contributed by atoms with E-state index in [0.29, 0.717) is 17.9 Å². The van der Waals surface area contributed by atoms with Crippen LogP contribution in [-0.4, -0.2) is 16.3 Å². The van der Waals surface area contributed by atoms with Crippen molar-refractivity contribution in [3.8, 4) is 0 Å². The van der Waals surface area contributed by atoms with Gasteiger partial charge in [0.1, 0.15) is 5.82 Å². The zero-order valence-corrected chi connectivity index (χ0v) is 7.40. The Morgan fingerprint density at radius 1 is 1.29 bits per heavy atom. The van der Waals surface area contributed by atoms with Crippen molar-refractivity contribution < 1.29 is 4.79 Å². The van der Waals surface area contributed by atoms with Crippen molar-refractivity contribution in [2.24, 2.45) is 0 Å². The number of carbonyl (C=O) groups is 1. The van der Waals surface area contributed by atoms with Crippen molar-refractivity contribution >= 4 is 17.8 Å². The number of aromatic amines is 1. The molecule has 0 aliphatic rings. The molecule has 0 atom stereocenters. The molecule has 2 aromatic rings. The van der Waals surface area contributed by atoms with Crippen LogP contribution < -0.4 is 5.32 Å². The normalized spacial score (nSPS) is 9.71. The van der Waals surface area contributed by atoms with Crippen molar-refractivity contribution in [3.63, 3.8) is 0 Å². The van der Waals surface area contributed by atoms with Crippen LogP contribution in [0, 0.1) is 0 Å². The number of carbonyl (C=O) groups excluding carboxylic acids is 1. The lowest BCUT2D eigenvalue weighted by Crippen LogP contribution is -1.89. The van der Waals surface area contributed by atoms with Crippen molar-refractivity contribution in [3.05, 3.63) is 42.4 Å². The minimum Gasteiger partial charge on any atom is -0.340 e. The van der Waals surface area contributed by atoms with Gasteiger partial charge < -0.3 is 10.3 Å². The lowest BCUT2D eigenvalue weighted by Gasteiger charge is -2.00. The zero-order valence-electron chi connectivity index (χ0n) is 7.40. The Kier molecular flexibility index (Phi) is 2.27. The number of aromatic nitrogens is 2. The highest BCUT2D eigenvalue weighted by atomic mass is 16.1. The molecule has 14 heavy (non-hydrogen) atoms. The van der Waals surface area contributed by atoms with Crippen molar-refractivity contribution in [2.75, 3.05) is 5.32 Å². The minimum absolute atomic E-state index is 0.323. The molecule has 0 amide bonds.